The van der Waals surface area contributed by atoms with Crippen LogP contribution in [0.25, 0.3) is 11.0 Å². The SMILES string of the molecule is NC(CCCCNCC(O)Cc1cnc2ccccc2n1)C(=O)O. The summed E-state index contributed by atoms with van der Waals surface area (Å²) in [6.07, 6.45) is 3.62. The fourth-order valence-electron chi connectivity index (χ4n) is 2.41. The minimum absolute atomic E-state index is 0.439. The predicted molar refractivity (Wildman–Crippen MR) is 91.6 cm³/mol. The van der Waals surface area contributed by atoms with Gasteiger partial charge in [-0.05, 0) is 31.5 Å². The summed E-state index contributed by atoms with van der Waals surface area (Å²) >= 11 is 0. The van der Waals surface area contributed by atoms with E-state index in [1.165, 1.54) is 0 Å². The maximum atomic E-state index is 10.6. The number of carboxylic acids is 1. The Kier molecular flexibility index (Phi) is 7.05. The lowest BCUT2D eigenvalue weighted by molar-refractivity contribution is -0.138. The number of nitrogens with zero attached hydrogens (tertiary/aromatic N) is 2. The van der Waals surface area contributed by atoms with Crippen LogP contribution >= 0.6 is 0 Å². The van der Waals surface area contributed by atoms with E-state index in [0.717, 1.165) is 29.6 Å². The Morgan fingerprint density at radius 2 is 2.00 bits per heavy atom. The van der Waals surface area contributed by atoms with Crippen molar-refractivity contribution in [3.8, 4) is 0 Å². The summed E-state index contributed by atoms with van der Waals surface area (Å²) in [5.41, 5.74) is 7.86. The predicted octanol–water partition coefficient (Wildman–Crippen LogP) is 0.705. The number of aliphatic carboxylic acids is 1. The molecule has 0 aliphatic carbocycles. The second-order valence-electron chi connectivity index (χ2n) is 5.85. The summed E-state index contributed by atoms with van der Waals surface area (Å²) < 4.78 is 0. The lowest BCUT2D eigenvalue weighted by atomic mass is 10.1. The van der Waals surface area contributed by atoms with Crippen molar-refractivity contribution >= 4 is 17.0 Å². The van der Waals surface area contributed by atoms with E-state index >= 15 is 0 Å². The van der Waals surface area contributed by atoms with E-state index < -0.39 is 18.1 Å². The molecule has 0 aliphatic rings. The molecule has 24 heavy (non-hydrogen) atoms. The lowest BCUT2D eigenvalue weighted by Gasteiger charge is -2.12. The van der Waals surface area contributed by atoms with Crippen LogP contribution in [0.2, 0.25) is 0 Å². The number of fused-ring (bicyclic) bond motifs is 1. The topological polar surface area (TPSA) is 121 Å². The van der Waals surface area contributed by atoms with Gasteiger partial charge in [-0.2, -0.15) is 0 Å². The zero-order valence-electron chi connectivity index (χ0n) is 13.6. The number of para-hydroxylation sites is 2. The van der Waals surface area contributed by atoms with Crippen molar-refractivity contribution in [2.24, 2.45) is 5.73 Å². The van der Waals surface area contributed by atoms with Gasteiger partial charge in [0.25, 0.3) is 0 Å². The normalized spacial score (nSPS) is 13.8. The fourth-order valence-corrected chi connectivity index (χ4v) is 2.41. The number of aromatic nitrogens is 2. The maximum absolute atomic E-state index is 10.6. The largest absolute Gasteiger partial charge is 0.480 e. The highest BCUT2D eigenvalue weighted by atomic mass is 16.4. The molecule has 1 aromatic heterocycles. The molecule has 2 unspecified atom stereocenters. The van der Waals surface area contributed by atoms with Gasteiger partial charge in [-0.1, -0.05) is 18.6 Å². The second kappa shape index (κ2) is 9.27. The molecular weight excluding hydrogens is 308 g/mol. The van der Waals surface area contributed by atoms with Gasteiger partial charge in [0.05, 0.1) is 22.8 Å². The lowest BCUT2D eigenvalue weighted by Crippen LogP contribution is -2.31. The molecule has 0 saturated carbocycles. The van der Waals surface area contributed by atoms with Gasteiger partial charge in [-0.25, -0.2) is 4.98 Å². The van der Waals surface area contributed by atoms with Crippen molar-refractivity contribution < 1.29 is 15.0 Å². The molecule has 0 spiro atoms. The van der Waals surface area contributed by atoms with E-state index in [0.29, 0.717) is 25.9 Å². The Balaban J connectivity index is 1.65. The van der Waals surface area contributed by atoms with Gasteiger partial charge in [-0.3, -0.25) is 9.78 Å². The summed E-state index contributed by atoms with van der Waals surface area (Å²) in [5.74, 6) is -0.963. The number of aliphatic hydroxyl groups is 1. The van der Waals surface area contributed by atoms with Crippen LogP contribution in [0.4, 0.5) is 0 Å². The van der Waals surface area contributed by atoms with E-state index in [1.807, 2.05) is 24.3 Å². The number of hydrogen-bond acceptors (Lipinski definition) is 6. The second-order valence-corrected chi connectivity index (χ2v) is 5.85. The summed E-state index contributed by atoms with van der Waals surface area (Å²) in [4.78, 5) is 19.4. The molecule has 1 aromatic carbocycles. The summed E-state index contributed by atoms with van der Waals surface area (Å²) in [6.45, 7) is 1.17. The number of aliphatic hydroxyl groups excluding tert-OH is 1. The molecule has 2 atom stereocenters. The molecule has 0 radical (unpaired) electrons. The van der Waals surface area contributed by atoms with E-state index in [9.17, 15) is 9.90 Å². The van der Waals surface area contributed by atoms with Crippen LogP contribution in [0.5, 0.6) is 0 Å². The molecule has 1 heterocycles. The van der Waals surface area contributed by atoms with Crippen LogP contribution in [-0.4, -0.2) is 51.4 Å². The molecule has 5 N–H and O–H groups in total. The van der Waals surface area contributed by atoms with Gasteiger partial charge >= 0.3 is 5.97 Å². The van der Waals surface area contributed by atoms with Crippen LogP contribution < -0.4 is 11.1 Å². The molecule has 0 fully saturated rings. The van der Waals surface area contributed by atoms with Crippen molar-refractivity contribution in [2.75, 3.05) is 13.1 Å². The number of carboxylic acid groups (broad SMARTS) is 1. The molecule has 0 aliphatic heterocycles. The van der Waals surface area contributed by atoms with Crippen LogP contribution in [0.15, 0.2) is 30.5 Å². The molecular formula is C17H24N4O3. The van der Waals surface area contributed by atoms with Crippen LogP contribution in [-0.2, 0) is 11.2 Å². The van der Waals surface area contributed by atoms with Crippen molar-refractivity contribution in [3.63, 3.8) is 0 Å². The first kappa shape index (κ1) is 18.3. The van der Waals surface area contributed by atoms with E-state index in [2.05, 4.69) is 15.3 Å². The summed E-state index contributed by atoms with van der Waals surface area (Å²) in [5, 5.41) is 21.9. The number of nitrogens with one attached hydrogen (secondary N) is 1. The third-order valence-electron chi connectivity index (χ3n) is 3.76. The molecule has 7 heteroatoms. The first-order chi connectivity index (χ1) is 11.6. The Morgan fingerprint density at radius 3 is 2.75 bits per heavy atom. The van der Waals surface area contributed by atoms with Gasteiger partial charge in [0.1, 0.15) is 6.04 Å². The van der Waals surface area contributed by atoms with Gasteiger partial charge in [0, 0.05) is 19.2 Å². The van der Waals surface area contributed by atoms with Crippen molar-refractivity contribution in [1.82, 2.24) is 15.3 Å². The molecule has 2 rings (SSSR count). The van der Waals surface area contributed by atoms with Crippen LogP contribution in [0.1, 0.15) is 25.0 Å². The highest BCUT2D eigenvalue weighted by molar-refractivity contribution is 5.73. The monoisotopic (exact) mass is 332 g/mol. The standard InChI is InChI=1S/C17H24N4O3/c18-14(17(23)24)5-3-4-8-19-11-13(22)9-12-10-20-15-6-1-2-7-16(15)21-12/h1-2,6-7,10,13-14,19,22H,3-5,8-9,11,18H2,(H,23,24). The number of hydrogen-bond donors (Lipinski definition) is 4. The first-order valence-corrected chi connectivity index (χ1v) is 8.14. The van der Waals surface area contributed by atoms with Gasteiger partial charge in [0.15, 0.2) is 0 Å². The zero-order valence-corrected chi connectivity index (χ0v) is 13.6. The first-order valence-electron chi connectivity index (χ1n) is 8.14. The van der Waals surface area contributed by atoms with E-state index in [1.54, 1.807) is 6.20 Å². The van der Waals surface area contributed by atoms with Crippen molar-refractivity contribution in [3.05, 3.63) is 36.2 Å². The van der Waals surface area contributed by atoms with E-state index in [4.69, 9.17) is 10.8 Å². The molecule has 0 bridgehead atoms. The quantitative estimate of drug-likeness (QED) is 0.473. The van der Waals surface area contributed by atoms with Crippen molar-refractivity contribution in [2.45, 2.75) is 37.8 Å². The number of nitrogens with two attached hydrogens (primary N) is 1. The smallest absolute Gasteiger partial charge is 0.320 e. The Morgan fingerprint density at radius 1 is 1.25 bits per heavy atom. The molecule has 0 saturated heterocycles. The maximum Gasteiger partial charge on any atom is 0.320 e. The highest BCUT2D eigenvalue weighted by Gasteiger charge is 2.10. The highest BCUT2D eigenvalue weighted by Crippen LogP contribution is 2.09. The average molecular weight is 332 g/mol. The number of benzene rings is 1. The van der Waals surface area contributed by atoms with E-state index in [-0.39, 0.29) is 0 Å². The van der Waals surface area contributed by atoms with Gasteiger partial charge in [-0.15, -0.1) is 0 Å². The number of rotatable bonds is 10. The summed E-state index contributed by atoms with van der Waals surface area (Å²) in [7, 11) is 0. The third-order valence-corrected chi connectivity index (χ3v) is 3.76. The zero-order chi connectivity index (χ0) is 17.4. The minimum Gasteiger partial charge on any atom is -0.480 e. The Hall–Kier alpha value is -2.09. The fraction of sp³-hybridized carbons (Fsp3) is 0.471. The van der Waals surface area contributed by atoms with Crippen LogP contribution in [0, 0.1) is 0 Å². The Bertz CT molecular complexity index is 665. The molecule has 2 aromatic rings. The summed E-state index contributed by atoms with van der Waals surface area (Å²) in [6, 6.07) is 6.84. The average Bonchev–Trinajstić information content (AvgIpc) is 2.57. The minimum atomic E-state index is -0.963. The third kappa shape index (κ3) is 5.84. The number of unbranched alkanes of at least 4 members (excludes halogenated alkanes) is 1. The molecule has 0 amide bonds. The van der Waals surface area contributed by atoms with Gasteiger partial charge in [0.2, 0.25) is 0 Å². The van der Waals surface area contributed by atoms with Crippen molar-refractivity contribution in [1.29, 1.82) is 0 Å². The molecule has 7 nitrogen and oxygen atoms in total. The Labute approximate surface area is 140 Å². The van der Waals surface area contributed by atoms with Gasteiger partial charge < -0.3 is 21.3 Å². The van der Waals surface area contributed by atoms with Crippen LogP contribution in [0.3, 0.4) is 0 Å². The molecule has 130 valence electrons. The number of carbonyl (C=O) groups is 1.